The fraction of sp³-hybridized carbons (Fsp3) is 0.588. The summed E-state index contributed by atoms with van der Waals surface area (Å²) >= 11 is 0. The molecule has 0 N–H and O–H groups in total. The first-order valence-electron chi connectivity index (χ1n) is 7.88. The molecule has 1 aliphatic rings. The Labute approximate surface area is 128 Å². The summed E-state index contributed by atoms with van der Waals surface area (Å²) in [7, 11) is 2.11. The zero-order chi connectivity index (χ0) is 15.2. The van der Waals surface area contributed by atoms with Crippen LogP contribution in [0.3, 0.4) is 0 Å². The Hall–Kier alpha value is -1.55. The van der Waals surface area contributed by atoms with Crippen molar-refractivity contribution in [1.29, 1.82) is 0 Å². The number of nitrogens with zero attached hydrogens (tertiary/aromatic N) is 3. The summed E-state index contributed by atoms with van der Waals surface area (Å²) in [6.07, 6.45) is 0.603. The molecule has 1 fully saturated rings. The van der Waals surface area contributed by atoms with Crippen molar-refractivity contribution in [3.8, 4) is 0 Å². The first-order chi connectivity index (χ1) is 10.1. The number of carbonyl (C=O) groups is 1. The molecule has 4 nitrogen and oxygen atoms in total. The zero-order valence-electron chi connectivity index (χ0n) is 13.5. The van der Waals surface area contributed by atoms with Crippen molar-refractivity contribution < 1.29 is 4.79 Å². The van der Waals surface area contributed by atoms with Gasteiger partial charge >= 0.3 is 0 Å². The molecule has 0 aromatic heterocycles. The van der Waals surface area contributed by atoms with E-state index >= 15 is 0 Å². The highest BCUT2D eigenvalue weighted by molar-refractivity contribution is 5.77. The molecule has 4 heteroatoms. The van der Waals surface area contributed by atoms with Crippen LogP contribution in [0.25, 0.3) is 0 Å². The van der Waals surface area contributed by atoms with Crippen molar-refractivity contribution >= 4 is 11.6 Å². The van der Waals surface area contributed by atoms with Crippen LogP contribution in [0.5, 0.6) is 0 Å². The number of aryl methyl sites for hydroxylation is 1. The molecule has 0 atom stereocenters. The van der Waals surface area contributed by atoms with Crippen molar-refractivity contribution in [3.63, 3.8) is 0 Å². The third-order valence-corrected chi connectivity index (χ3v) is 4.20. The Kier molecular flexibility index (Phi) is 5.62. The second-order valence-electron chi connectivity index (χ2n) is 5.85. The lowest BCUT2D eigenvalue weighted by Gasteiger charge is -2.33. The minimum Gasteiger partial charge on any atom is -0.371 e. The van der Waals surface area contributed by atoms with E-state index < -0.39 is 0 Å². The molecule has 1 amide bonds. The summed E-state index contributed by atoms with van der Waals surface area (Å²) < 4.78 is 0. The molecule has 0 bridgehead atoms. The molecule has 116 valence electrons. The Morgan fingerprint density at radius 2 is 1.95 bits per heavy atom. The number of rotatable bonds is 5. The molecule has 0 aliphatic carbocycles. The van der Waals surface area contributed by atoms with Crippen LogP contribution in [-0.4, -0.2) is 62.0 Å². The Balaban J connectivity index is 1.87. The minimum atomic E-state index is 0.286. The topological polar surface area (TPSA) is 26.8 Å². The standard InChI is InChI=1S/C17H27N3O/c1-4-19(16-7-5-6-15(2)14-16)9-8-17(21)20-12-10-18(3)11-13-20/h5-7,14H,4,8-13H2,1-3H3. The predicted octanol–water partition coefficient (Wildman–Crippen LogP) is 1.99. The van der Waals surface area contributed by atoms with Gasteiger partial charge in [0.05, 0.1) is 0 Å². The maximum Gasteiger partial charge on any atom is 0.224 e. The summed E-state index contributed by atoms with van der Waals surface area (Å²) in [4.78, 5) is 18.9. The van der Waals surface area contributed by atoms with Crippen molar-refractivity contribution in [2.75, 3.05) is 51.2 Å². The monoisotopic (exact) mass is 289 g/mol. The second-order valence-corrected chi connectivity index (χ2v) is 5.85. The Morgan fingerprint density at radius 3 is 2.57 bits per heavy atom. The van der Waals surface area contributed by atoms with Crippen LogP contribution < -0.4 is 4.90 Å². The van der Waals surface area contributed by atoms with Crippen molar-refractivity contribution in [2.24, 2.45) is 0 Å². The number of piperazine rings is 1. The number of amides is 1. The molecule has 21 heavy (non-hydrogen) atoms. The van der Waals surface area contributed by atoms with Crippen molar-refractivity contribution in [1.82, 2.24) is 9.80 Å². The quantitative estimate of drug-likeness (QED) is 0.829. The number of likely N-dealkylation sites (N-methyl/N-ethyl adjacent to an activating group) is 1. The smallest absolute Gasteiger partial charge is 0.224 e. The van der Waals surface area contributed by atoms with Gasteiger partial charge in [0.25, 0.3) is 0 Å². The third kappa shape index (κ3) is 4.46. The maximum absolute atomic E-state index is 12.3. The van der Waals surface area contributed by atoms with Crippen LogP contribution in [0.1, 0.15) is 18.9 Å². The summed E-state index contributed by atoms with van der Waals surface area (Å²) in [5, 5.41) is 0. The fourth-order valence-electron chi connectivity index (χ4n) is 2.74. The molecule has 0 saturated carbocycles. The molecule has 1 aliphatic heterocycles. The second kappa shape index (κ2) is 7.46. The number of hydrogen-bond donors (Lipinski definition) is 0. The van der Waals surface area contributed by atoms with E-state index in [4.69, 9.17) is 0 Å². The molecular weight excluding hydrogens is 262 g/mol. The van der Waals surface area contributed by atoms with Crippen LogP contribution in [0.4, 0.5) is 5.69 Å². The molecular formula is C17H27N3O. The summed E-state index contributed by atoms with van der Waals surface area (Å²) in [5.74, 6) is 0.286. The molecule has 2 rings (SSSR count). The van der Waals surface area contributed by atoms with Gasteiger partial charge in [0, 0.05) is 51.4 Å². The fourth-order valence-corrected chi connectivity index (χ4v) is 2.74. The average Bonchev–Trinajstić information content (AvgIpc) is 2.48. The highest BCUT2D eigenvalue weighted by Crippen LogP contribution is 2.16. The molecule has 1 saturated heterocycles. The van der Waals surface area contributed by atoms with Crippen LogP contribution >= 0.6 is 0 Å². The van der Waals surface area contributed by atoms with E-state index in [1.165, 1.54) is 11.3 Å². The number of hydrogen-bond acceptors (Lipinski definition) is 3. The average molecular weight is 289 g/mol. The lowest BCUT2D eigenvalue weighted by atomic mass is 10.2. The number of benzene rings is 1. The van der Waals surface area contributed by atoms with Gasteiger partial charge in [0.2, 0.25) is 5.91 Å². The summed E-state index contributed by atoms with van der Waals surface area (Å²) in [6, 6.07) is 8.49. The van der Waals surface area contributed by atoms with E-state index in [0.29, 0.717) is 6.42 Å². The van der Waals surface area contributed by atoms with Gasteiger partial charge in [0.1, 0.15) is 0 Å². The van der Waals surface area contributed by atoms with Gasteiger partial charge in [-0.3, -0.25) is 4.79 Å². The molecule has 1 heterocycles. The van der Waals surface area contributed by atoms with Gasteiger partial charge in [-0.1, -0.05) is 12.1 Å². The normalized spacial score (nSPS) is 16.0. The largest absolute Gasteiger partial charge is 0.371 e. The molecule has 0 unspecified atom stereocenters. The van der Waals surface area contributed by atoms with Gasteiger partial charge in [-0.2, -0.15) is 0 Å². The van der Waals surface area contributed by atoms with E-state index in [1.54, 1.807) is 0 Å². The van der Waals surface area contributed by atoms with Gasteiger partial charge < -0.3 is 14.7 Å². The summed E-state index contributed by atoms with van der Waals surface area (Å²) in [6.45, 7) is 9.68. The van der Waals surface area contributed by atoms with Gasteiger partial charge in [-0.25, -0.2) is 0 Å². The van der Waals surface area contributed by atoms with Crippen molar-refractivity contribution in [2.45, 2.75) is 20.3 Å². The highest BCUT2D eigenvalue weighted by Gasteiger charge is 2.19. The predicted molar refractivity (Wildman–Crippen MR) is 87.8 cm³/mol. The minimum absolute atomic E-state index is 0.286. The molecule has 0 radical (unpaired) electrons. The van der Waals surface area contributed by atoms with Gasteiger partial charge in [0.15, 0.2) is 0 Å². The maximum atomic E-state index is 12.3. The lowest BCUT2D eigenvalue weighted by Crippen LogP contribution is -2.47. The molecule has 1 aromatic rings. The number of anilines is 1. The molecule has 1 aromatic carbocycles. The lowest BCUT2D eigenvalue weighted by molar-refractivity contribution is -0.132. The van der Waals surface area contributed by atoms with E-state index in [0.717, 1.165) is 39.3 Å². The van der Waals surface area contributed by atoms with Gasteiger partial charge in [-0.05, 0) is 38.6 Å². The first-order valence-corrected chi connectivity index (χ1v) is 7.88. The van der Waals surface area contributed by atoms with Crippen LogP contribution in [0, 0.1) is 6.92 Å². The first kappa shape index (κ1) is 15.8. The van der Waals surface area contributed by atoms with E-state index in [-0.39, 0.29) is 5.91 Å². The van der Waals surface area contributed by atoms with E-state index in [1.807, 2.05) is 4.90 Å². The highest BCUT2D eigenvalue weighted by atomic mass is 16.2. The van der Waals surface area contributed by atoms with Gasteiger partial charge in [-0.15, -0.1) is 0 Å². The number of carbonyl (C=O) groups excluding carboxylic acids is 1. The SMILES string of the molecule is CCN(CCC(=O)N1CCN(C)CC1)c1cccc(C)c1. The Morgan fingerprint density at radius 1 is 1.24 bits per heavy atom. The molecule has 0 spiro atoms. The van der Waals surface area contributed by atoms with E-state index in [2.05, 4.69) is 55.0 Å². The van der Waals surface area contributed by atoms with E-state index in [9.17, 15) is 4.79 Å². The summed E-state index contributed by atoms with van der Waals surface area (Å²) in [5.41, 5.74) is 2.47. The zero-order valence-corrected chi connectivity index (χ0v) is 13.5. The van der Waals surface area contributed by atoms with Crippen LogP contribution in [-0.2, 0) is 4.79 Å². The third-order valence-electron chi connectivity index (χ3n) is 4.20. The van der Waals surface area contributed by atoms with Crippen LogP contribution in [0.2, 0.25) is 0 Å². The Bertz CT molecular complexity index is 467. The van der Waals surface area contributed by atoms with Crippen LogP contribution in [0.15, 0.2) is 24.3 Å². The van der Waals surface area contributed by atoms with Crippen molar-refractivity contribution in [3.05, 3.63) is 29.8 Å².